The van der Waals surface area contributed by atoms with E-state index in [-0.39, 0.29) is 17.3 Å². The molecule has 2 aromatic carbocycles. The molecule has 1 saturated heterocycles. The average molecular weight is 399 g/mol. The normalized spacial score (nSPS) is 17.8. The van der Waals surface area contributed by atoms with Gasteiger partial charge in [-0.05, 0) is 29.7 Å². The Hall–Kier alpha value is -3.60. The molecule has 0 aromatic heterocycles. The zero-order valence-corrected chi connectivity index (χ0v) is 15.0. The number of amides is 1. The lowest BCUT2D eigenvalue weighted by Crippen LogP contribution is -2.25. The van der Waals surface area contributed by atoms with E-state index in [1.807, 2.05) is 0 Å². The molecule has 0 unspecified atom stereocenters. The molecule has 3 rings (SSSR count). The number of hydrogen-bond acceptors (Lipinski definition) is 8. The summed E-state index contributed by atoms with van der Waals surface area (Å²) >= 11 is 1.19. The minimum atomic E-state index is -0.493. The molecule has 1 amide bonds. The maximum absolute atomic E-state index is 12.1. The molecule has 1 atom stereocenters. The first-order valence-electron chi connectivity index (χ1n) is 7.99. The van der Waals surface area contributed by atoms with E-state index in [1.54, 1.807) is 12.1 Å². The van der Waals surface area contributed by atoms with Gasteiger partial charge in [-0.15, -0.1) is 5.10 Å². The van der Waals surface area contributed by atoms with Crippen molar-refractivity contribution in [1.82, 2.24) is 5.32 Å². The molecule has 0 radical (unpaired) electrons. The Labute approximate surface area is 162 Å². The quantitative estimate of drug-likeness (QED) is 0.450. The standard InChI is InChI=1S/C17H13N5O5S/c23-16-15(9-12-2-1-3-14(8-12)22(26)27)28-17(19-16)20-18-10-11-4-6-13(7-5-11)21(24)25/h1-8,10,15H,9H2,(H,19,20,23)/b18-10+/t15-/m1/s1. The number of carbonyl (C=O) groups excluding carboxylic acids is 1. The van der Waals surface area contributed by atoms with E-state index >= 15 is 0 Å². The van der Waals surface area contributed by atoms with Gasteiger partial charge in [-0.1, -0.05) is 23.9 Å². The highest BCUT2D eigenvalue weighted by molar-refractivity contribution is 8.15. The van der Waals surface area contributed by atoms with E-state index in [2.05, 4.69) is 15.5 Å². The molecule has 1 fully saturated rings. The topological polar surface area (TPSA) is 140 Å². The third-order valence-corrected chi connectivity index (χ3v) is 4.85. The van der Waals surface area contributed by atoms with Crippen molar-refractivity contribution in [1.29, 1.82) is 0 Å². The van der Waals surface area contributed by atoms with Crippen LogP contribution in [0.15, 0.2) is 58.7 Å². The fourth-order valence-electron chi connectivity index (χ4n) is 2.43. The second-order valence-corrected chi connectivity index (χ2v) is 6.92. The third kappa shape index (κ3) is 4.76. The Kier molecular flexibility index (Phi) is 5.75. The highest BCUT2D eigenvalue weighted by Gasteiger charge is 2.30. The predicted octanol–water partition coefficient (Wildman–Crippen LogP) is 2.67. The average Bonchev–Trinajstić information content (AvgIpc) is 3.01. The summed E-state index contributed by atoms with van der Waals surface area (Å²) in [7, 11) is 0. The molecule has 142 valence electrons. The van der Waals surface area contributed by atoms with Crippen molar-refractivity contribution in [2.45, 2.75) is 11.7 Å². The van der Waals surface area contributed by atoms with Crippen molar-refractivity contribution in [3.63, 3.8) is 0 Å². The Morgan fingerprint density at radius 3 is 2.46 bits per heavy atom. The van der Waals surface area contributed by atoms with Crippen LogP contribution in [0.3, 0.4) is 0 Å². The summed E-state index contributed by atoms with van der Waals surface area (Å²) in [4.78, 5) is 32.6. The van der Waals surface area contributed by atoms with Crippen molar-refractivity contribution >= 4 is 40.4 Å². The number of nitrogens with zero attached hydrogens (tertiary/aromatic N) is 4. The zero-order chi connectivity index (χ0) is 20.1. The summed E-state index contributed by atoms with van der Waals surface area (Å²) in [6.45, 7) is 0. The summed E-state index contributed by atoms with van der Waals surface area (Å²) < 4.78 is 0. The molecule has 2 aromatic rings. The first-order chi connectivity index (χ1) is 13.4. The first kappa shape index (κ1) is 19.2. The van der Waals surface area contributed by atoms with Crippen LogP contribution < -0.4 is 5.32 Å². The lowest BCUT2D eigenvalue weighted by atomic mass is 10.1. The van der Waals surface area contributed by atoms with Crippen molar-refractivity contribution in [3.8, 4) is 0 Å². The van der Waals surface area contributed by atoms with Gasteiger partial charge >= 0.3 is 0 Å². The minimum Gasteiger partial charge on any atom is -0.303 e. The van der Waals surface area contributed by atoms with Gasteiger partial charge in [-0.25, -0.2) is 0 Å². The van der Waals surface area contributed by atoms with Crippen LogP contribution in [0.5, 0.6) is 0 Å². The van der Waals surface area contributed by atoms with E-state index < -0.39 is 15.1 Å². The van der Waals surface area contributed by atoms with Crippen LogP contribution in [0.2, 0.25) is 0 Å². The molecule has 0 saturated carbocycles. The zero-order valence-electron chi connectivity index (χ0n) is 14.2. The molecule has 1 aliphatic rings. The minimum absolute atomic E-state index is 0.0222. The highest BCUT2D eigenvalue weighted by atomic mass is 32.2. The van der Waals surface area contributed by atoms with Gasteiger partial charge in [0.15, 0.2) is 5.17 Å². The van der Waals surface area contributed by atoms with E-state index in [9.17, 15) is 25.0 Å². The highest BCUT2D eigenvalue weighted by Crippen LogP contribution is 2.25. The number of non-ortho nitro benzene ring substituents is 2. The summed E-state index contributed by atoms with van der Waals surface area (Å²) in [6.07, 6.45) is 1.74. The number of nitro groups is 2. The number of carbonyl (C=O) groups is 1. The fourth-order valence-corrected chi connectivity index (χ4v) is 3.39. The largest absolute Gasteiger partial charge is 0.303 e. The monoisotopic (exact) mass is 399 g/mol. The number of benzene rings is 2. The smallest absolute Gasteiger partial charge is 0.269 e. The Morgan fingerprint density at radius 1 is 1.07 bits per heavy atom. The number of rotatable bonds is 6. The van der Waals surface area contributed by atoms with Gasteiger partial charge in [0.05, 0.1) is 21.3 Å². The molecule has 10 nitrogen and oxygen atoms in total. The Morgan fingerprint density at radius 2 is 1.79 bits per heavy atom. The van der Waals surface area contributed by atoms with Gasteiger partial charge in [0.2, 0.25) is 5.91 Å². The van der Waals surface area contributed by atoms with E-state index in [0.29, 0.717) is 22.7 Å². The Balaban J connectivity index is 1.62. The lowest BCUT2D eigenvalue weighted by Gasteiger charge is -2.04. The number of nitrogens with one attached hydrogen (secondary N) is 1. The van der Waals surface area contributed by atoms with Crippen molar-refractivity contribution in [2.24, 2.45) is 10.2 Å². The van der Waals surface area contributed by atoms with Gasteiger partial charge in [-0.3, -0.25) is 25.0 Å². The predicted molar refractivity (Wildman–Crippen MR) is 104 cm³/mol. The maximum Gasteiger partial charge on any atom is 0.269 e. The molecular formula is C17H13N5O5S. The van der Waals surface area contributed by atoms with Gasteiger partial charge in [-0.2, -0.15) is 5.10 Å². The number of hydrogen-bond donors (Lipinski definition) is 1. The van der Waals surface area contributed by atoms with Crippen LogP contribution in [-0.4, -0.2) is 32.4 Å². The van der Waals surface area contributed by atoms with Gasteiger partial charge in [0.25, 0.3) is 11.4 Å². The molecule has 28 heavy (non-hydrogen) atoms. The molecule has 1 N–H and O–H groups in total. The van der Waals surface area contributed by atoms with Gasteiger partial charge in [0, 0.05) is 24.3 Å². The van der Waals surface area contributed by atoms with Crippen molar-refractivity contribution in [2.75, 3.05) is 0 Å². The van der Waals surface area contributed by atoms with Crippen LogP contribution in [0.4, 0.5) is 11.4 Å². The second kappa shape index (κ2) is 8.39. The number of amidine groups is 1. The first-order valence-corrected chi connectivity index (χ1v) is 8.86. The summed E-state index contributed by atoms with van der Waals surface area (Å²) in [5.74, 6) is -0.249. The molecular weight excluding hydrogens is 386 g/mol. The fraction of sp³-hybridized carbons (Fsp3) is 0.118. The van der Waals surface area contributed by atoms with Gasteiger partial charge in [0.1, 0.15) is 0 Å². The van der Waals surface area contributed by atoms with Crippen molar-refractivity contribution in [3.05, 3.63) is 79.9 Å². The van der Waals surface area contributed by atoms with E-state index in [0.717, 1.165) is 0 Å². The van der Waals surface area contributed by atoms with Crippen LogP contribution >= 0.6 is 11.8 Å². The number of nitro benzene ring substituents is 2. The maximum atomic E-state index is 12.1. The summed E-state index contributed by atoms with van der Waals surface area (Å²) in [6, 6.07) is 11.9. The third-order valence-electron chi connectivity index (χ3n) is 3.78. The summed E-state index contributed by atoms with van der Waals surface area (Å²) in [5.41, 5.74) is 1.25. The molecule has 0 spiro atoms. The molecule has 11 heteroatoms. The van der Waals surface area contributed by atoms with Crippen LogP contribution in [0.1, 0.15) is 11.1 Å². The second-order valence-electron chi connectivity index (χ2n) is 5.73. The van der Waals surface area contributed by atoms with E-state index in [1.165, 1.54) is 54.4 Å². The van der Waals surface area contributed by atoms with Crippen LogP contribution in [0.25, 0.3) is 0 Å². The lowest BCUT2D eigenvalue weighted by molar-refractivity contribution is -0.385. The van der Waals surface area contributed by atoms with Crippen LogP contribution in [-0.2, 0) is 11.2 Å². The molecule has 1 aliphatic heterocycles. The van der Waals surface area contributed by atoms with E-state index in [4.69, 9.17) is 0 Å². The molecule has 0 bridgehead atoms. The SMILES string of the molecule is O=C1N/C(=N\N=C\c2ccc([N+](=O)[O-])cc2)S[C@@H]1Cc1cccc([N+](=O)[O-])c1. The van der Waals surface area contributed by atoms with Crippen LogP contribution in [0, 0.1) is 20.2 Å². The summed E-state index contributed by atoms with van der Waals surface area (Å²) in [5, 5.41) is 31.7. The number of thioether (sulfide) groups is 1. The van der Waals surface area contributed by atoms with Gasteiger partial charge < -0.3 is 5.32 Å². The van der Waals surface area contributed by atoms with Crippen molar-refractivity contribution < 1.29 is 14.6 Å². The molecule has 0 aliphatic carbocycles. The Bertz CT molecular complexity index is 990. The molecule has 1 heterocycles.